The van der Waals surface area contributed by atoms with Crippen LogP contribution in [0.25, 0.3) is 0 Å². The van der Waals surface area contributed by atoms with E-state index in [1.807, 2.05) is 6.08 Å². The van der Waals surface area contributed by atoms with Crippen molar-refractivity contribution < 1.29 is 89.4 Å². The van der Waals surface area contributed by atoms with Crippen molar-refractivity contribution in [1.82, 2.24) is 5.32 Å². The van der Waals surface area contributed by atoms with E-state index < -0.39 is 124 Å². The molecule has 19 heteroatoms. The lowest BCUT2D eigenvalue weighted by Gasteiger charge is -2.48. The molecule has 17 unspecified atom stereocenters. The van der Waals surface area contributed by atoms with Crippen LogP contribution in [-0.4, -0.2) is 193 Å². The Morgan fingerprint density at radius 3 is 0.862 bits per heavy atom. The number of rotatable bonds is 83. The van der Waals surface area contributed by atoms with Crippen LogP contribution in [0.4, 0.5) is 0 Å². The average molecular weight is 1650 g/mol. The van der Waals surface area contributed by atoms with Crippen LogP contribution in [0, 0.1) is 0 Å². The summed E-state index contributed by atoms with van der Waals surface area (Å²) in [5.41, 5.74) is 0. The Labute approximate surface area is 709 Å². The molecular weight excluding hydrogens is 1470 g/mol. The van der Waals surface area contributed by atoms with Crippen LogP contribution in [0.1, 0.15) is 457 Å². The van der Waals surface area contributed by atoms with Crippen molar-refractivity contribution in [3.05, 3.63) is 24.3 Å². The number of nitrogens with one attached hydrogen (secondary N) is 1. The van der Waals surface area contributed by atoms with Gasteiger partial charge in [-0.15, -0.1) is 0 Å². The summed E-state index contributed by atoms with van der Waals surface area (Å²) < 4.78 is 34.6. The van der Waals surface area contributed by atoms with Crippen molar-refractivity contribution in [2.45, 2.75) is 561 Å². The van der Waals surface area contributed by atoms with Crippen molar-refractivity contribution in [3.63, 3.8) is 0 Å². The van der Waals surface area contributed by atoms with Crippen molar-refractivity contribution in [1.29, 1.82) is 0 Å². The molecule has 0 aromatic carbocycles. The van der Waals surface area contributed by atoms with Crippen molar-refractivity contribution in [2.75, 3.05) is 26.4 Å². The Morgan fingerprint density at radius 1 is 0.302 bits per heavy atom. The van der Waals surface area contributed by atoms with Crippen molar-refractivity contribution >= 4 is 5.91 Å². The summed E-state index contributed by atoms with van der Waals surface area (Å²) in [5, 5.41) is 121. The maximum atomic E-state index is 13.5. The molecule has 0 aromatic rings. The molecule has 3 aliphatic rings. The van der Waals surface area contributed by atoms with Crippen LogP contribution in [0.3, 0.4) is 0 Å². The summed E-state index contributed by atoms with van der Waals surface area (Å²) in [4.78, 5) is 13.5. The van der Waals surface area contributed by atoms with E-state index in [2.05, 4.69) is 31.3 Å². The monoisotopic (exact) mass is 1650 g/mol. The van der Waals surface area contributed by atoms with E-state index in [0.29, 0.717) is 12.8 Å². The first-order chi connectivity index (χ1) is 56.8. The van der Waals surface area contributed by atoms with E-state index in [1.54, 1.807) is 6.08 Å². The normalized spacial score (nSPS) is 24.5. The van der Waals surface area contributed by atoms with Crippen molar-refractivity contribution in [3.8, 4) is 0 Å². The van der Waals surface area contributed by atoms with E-state index in [-0.39, 0.29) is 18.9 Å². The zero-order valence-corrected chi connectivity index (χ0v) is 74.5. The van der Waals surface area contributed by atoms with Gasteiger partial charge in [-0.1, -0.05) is 443 Å². The second-order valence-corrected chi connectivity index (χ2v) is 35.6. The van der Waals surface area contributed by atoms with Crippen LogP contribution in [0.15, 0.2) is 24.3 Å². The molecule has 19 nitrogen and oxygen atoms in total. The fraction of sp³-hybridized carbons (Fsp3) is 0.948. The topological polar surface area (TPSA) is 307 Å². The van der Waals surface area contributed by atoms with E-state index in [1.165, 1.54) is 385 Å². The van der Waals surface area contributed by atoms with Gasteiger partial charge >= 0.3 is 0 Å². The third-order valence-electron chi connectivity index (χ3n) is 25.0. The maximum absolute atomic E-state index is 13.5. The van der Waals surface area contributed by atoms with E-state index in [9.17, 15) is 61.0 Å². The van der Waals surface area contributed by atoms with Crippen LogP contribution in [-0.2, 0) is 33.2 Å². The van der Waals surface area contributed by atoms with Gasteiger partial charge in [-0.3, -0.25) is 4.79 Å². The number of hydrogen-bond acceptors (Lipinski definition) is 18. The number of aliphatic hydroxyl groups is 11. The number of unbranched alkanes of at least 4 members (excludes halogenated alkanes) is 65. The fourth-order valence-corrected chi connectivity index (χ4v) is 17.2. The molecule has 0 spiro atoms. The van der Waals surface area contributed by atoms with Gasteiger partial charge in [-0.05, 0) is 32.1 Å². The lowest BCUT2D eigenvalue weighted by Crippen LogP contribution is -2.66. The first kappa shape index (κ1) is 108. The second-order valence-electron chi connectivity index (χ2n) is 35.6. The highest BCUT2D eigenvalue weighted by Crippen LogP contribution is 2.34. The highest BCUT2D eigenvalue weighted by molar-refractivity contribution is 5.76. The van der Waals surface area contributed by atoms with Gasteiger partial charge in [0, 0.05) is 6.42 Å². The zero-order chi connectivity index (χ0) is 83.8. The Hall–Kier alpha value is -1.73. The summed E-state index contributed by atoms with van der Waals surface area (Å²) in [7, 11) is 0. The zero-order valence-electron chi connectivity index (χ0n) is 74.5. The minimum atomic E-state index is -1.98. The first-order valence-electron chi connectivity index (χ1n) is 49.6. The molecule has 686 valence electrons. The van der Waals surface area contributed by atoms with E-state index >= 15 is 0 Å². The van der Waals surface area contributed by atoms with Crippen molar-refractivity contribution in [2.24, 2.45) is 0 Å². The molecule has 1 amide bonds. The highest BCUT2D eigenvalue weighted by Gasteiger charge is 2.54. The van der Waals surface area contributed by atoms with Crippen LogP contribution in [0.2, 0.25) is 0 Å². The Bertz CT molecular complexity index is 2180. The predicted molar refractivity (Wildman–Crippen MR) is 471 cm³/mol. The predicted octanol–water partition coefficient (Wildman–Crippen LogP) is 20.4. The quantitative estimate of drug-likeness (QED) is 0.0199. The molecule has 3 heterocycles. The van der Waals surface area contributed by atoms with Crippen LogP contribution < -0.4 is 5.32 Å². The molecule has 3 saturated heterocycles. The lowest BCUT2D eigenvalue weighted by molar-refractivity contribution is -0.379. The molecular formula is C97H185NO18. The third kappa shape index (κ3) is 54.1. The standard InChI is InChI=1S/C97H185NO18/c1-3-5-7-9-11-13-15-17-19-21-23-25-27-29-31-33-35-37-38-39-40-41-43-45-47-49-51-53-55-57-59-61-63-65-67-69-71-73-75-85(103)98-80(81(102)74-72-70-68-66-64-62-60-58-56-54-52-50-48-46-44-42-36-34-32-30-28-26-24-22-20-18-16-14-12-10-8-6-4-2)79-111-95-91(109)88(106)93(83(77-100)113-95)116-97-92(110)89(107)94(84(78-101)114-97)115-96-90(108)87(105)86(104)82(76-99)112-96/h64,66,72,74,80-84,86-97,99-102,104-110H,3-63,65,67-71,73,75-79H2,1-2H3,(H,98,103)/b66-64+,74-72+. The van der Waals surface area contributed by atoms with E-state index in [4.69, 9.17) is 28.4 Å². The largest absolute Gasteiger partial charge is 0.394 e. The molecule has 3 fully saturated rings. The maximum Gasteiger partial charge on any atom is 0.220 e. The Kier molecular flexibility index (Phi) is 71.9. The van der Waals surface area contributed by atoms with Gasteiger partial charge in [0.15, 0.2) is 18.9 Å². The SMILES string of the molecule is CCCCCCCCCCCCCCCCCCCCCCCCCCCCC/C=C/CC/C=C/C(O)C(COC1OC(CO)C(OC2OC(CO)C(OC3OC(CO)C(O)C(O)C3O)C(O)C2O)C(O)C1O)NC(=O)CCCCCCCCCCCCCCCCCCCCCCCCCCCCCCCCCCCCCCCC. The molecule has 116 heavy (non-hydrogen) atoms. The Balaban J connectivity index is 1.29. The average Bonchev–Trinajstić information content (AvgIpc) is 0.779. The number of hydrogen-bond donors (Lipinski definition) is 12. The first-order valence-corrected chi connectivity index (χ1v) is 49.6. The van der Waals surface area contributed by atoms with Crippen LogP contribution >= 0.6 is 0 Å². The lowest BCUT2D eigenvalue weighted by atomic mass is 9.96. The van der Waals surface area contributed by atoms with Gasteiger partial charge in [-0.2, -0.15) is 0 Å². The number of allylic oxidation sites excluding steroid dienone is 3. The van der Waals surface area contributed by atoms with Gasteiger partial charge < -0.3 is 89.9 Å². The number of carbonyl (C=O) groups excluding carboxylic acids is 1. The van der Waals surface area contributed by atoms with Gasteiger partial charge in [0.05, 0.1) is 38.6 Å². The summed E-state index contributed by atoms with van der Waals surface area (Å²) in [6, 6.07) is -0.990. The molecule has 3 rings (SSSR count). The number of carbonyl (C=O) groups is 1. The van der Waals surface area contributed by atoms with Crippen LogP contribution in [0.5, 0.6) is 0 Å². The molecule has 0 bridgehead atoms. The number of ether oxygens (including phenoxy) is 6. The molecule has 12 N–H and O–H groups in total. The second kappa shape index (κ2) is 76.9. The minimum Gasteiger partial charge on any atom is -0.394 e. The Morgan fingerprint density at radius 2 is 0.552 bits per heavy atom. The summed E-state index contributed by atoms with van der Waals surface area (Å²) in [5.74, 6) is -0.274. The third-order valence-corrected chi connectivity index (χ3v) is 25.0. The molecule has 0 aliphatic carbocycles. The number of aliphatic hydroxyl groups excluding tert-OH is 11. The smallest absolute Gasteiger partial charge is 0.220 e. The molecule has 0 aromatic heterocycles. The van der Waals surface area contributed by atoms with E-state index in [0.717, 1.165) is 38.5 Å². The fourth-order valence-electron chi connectivity index (χ4n) is 17.2. The van der Waals surface area contributed by atoms with Gasteiger partial charge in [0.2, 0.25) is 5.91 Å². The van der Waals surface area contributed by atoms with Gasteiger partial charge in [-0.25, -0.2) is 0 Å². The van der Waals surface area contributed by atoms with Gasteiger partial charge in [0.1, 0.15) is 73.2 Å². The molecule has 3 aliphatic heterocycles. The minimum absolute atomic E-state index is 0.242. The summed E-state index contributed by atoms with van der Waals surface area (Å²) in [6.07, 6.45) is 72.4. The number of amides is 1. The highest BCUT2D eigenvalue weighted by atomic mass is 16.8. The summed E-state index contributed by atoms with van der Waals surface area (Å²) in [6.45, 7) is 1.81. The molecule has 17 atom stereocenters. The molecule has 0 saturated carbocycles. The van der Waals surface area contributed by atoms with Gasteiger partial charge in [0.25, 0.3) is 0 Å². The summed E-state index contributed by atoms with van der Waals surface area (Å²) >= 11 is 0. The molecule has 0 radical (unpaired) electrons.